The average molecular weight is 305 g/mol. The Bertz CT molecular complexity index is 826. The minimum Gasteiger partial charge on any atom is -0.507 e. The lowest BCUT2D eigenvalue weighted by molar-refractivity contribution is -0.274. The summed E-state index contributed by atoms with van der Waals surface area (Å²) in [5, 5.41) is 10.8. The van der Waals surface area contributed by atoms with Crippen molar-refractivity contribution < 1.29 is 23.0 Å². The number of alkyl halides is 3. The summed E-state index contributed by atoms with van der Waals surface area (Å²) in [6, 6.07) is 12.2. The molecule has 2 aromatic carbocycles. The van der Waals surface area contributed by atoms with Crippen LogP contribution in [0.1, 0.15) is 0 Å². The zero-order valence-corrected chi connectivity index (χ0v) is 11.1. The first kappa shape index (κ1) is 14.2. The van der Waals surface area contributed by atoms with Crippen LogP contribution < -0.4 is 4.74 Å². The molecule has 0 amide bonds. The molecule has 0 radical (unpaired) electrons. The second-order valence-electron chi connectivity index (χ2n) is 4.61. The third-order valence-electron chi connectivity index (χ3n) is 3.12. The Labute approximate surface area is 123 Å². The minimum absolute atomic E-state index is 0.146. The van der Waals surface area contributed by atoms with Crippen molar-refractivity contribution in [1.29, 1.82) is 0 Å². The van der Waals surface area contributed by atoms with Crippen molar-refractivity contribution in [2.45, 2.75) is 6.36 Å². The van der Waals surface area contributed by atoms with E-state index in [9.17, 15) is 18.3 Å². The highest BCUT2D eigenvalue weighted by Gasteiger charge is 2.31. The van der Waals surface area contributed by atoms with Gasteiger partial charge in [0, 0.05) is 22.7 Å². The predicted molar refractivity (Wildman–Crippen MR) is 75.5 cm³/mol. The van der Waals surface area contributed by atoms with E-state index in [4.69, 9.17) is 0 Å². The molecule has 0 aliphatic heterocycles. The molecule has 0 atom stereocenters. The van der Waals surface area contributed by atoms with Crippen molar-refractivity contribution in [3.63, 3.8) is 0 Å². The van der Waals surface area contributed by atoms with E-state index in [0.717, 1.165) is 23.6 Å². The number of ether oxygens (including phenoxy) is 1. The summed E-state index contributed by atoms with van der Waals surface area (Å²) in [6.45, 7) is 0. The molecule has 0 spiro atoms. The van der Waals surface area contributed by atoms with Crippen LogP contribution in [0.15, 0.2) is 54.7 Å². The van der Waals surface area contributed by atoms with Crippen molar-refractivity contribution >= 4 is 10.9 Å². The Hall–Kier alpha value is -2.76. The smallest absolute Gasteiger partial charge is 0.507 e. The number of nitrogens with zero attached hydrogens (tertiary/aromatic N) is 1. The van der Waals surface area contributed by atoms with Crippen molar-refractivity contribution in [2.75, 3.05) is 0 Å². The van der Waals surface area contributed by atoms with Crippen LogP contribution in [0.3, 0.4) is 0 Å². The number of pyridine rings is 1. The molecule has 0 saturated carbocycles. The molecule has 3 rings (SSSR count). The van der Waals surface area contributed by atoms with Gasteiger partial charge in [0.2, 0.25) is 0 Å². The molecule has 0 fully saturated rings. The second-order valence-corrected chi connectivity index (χ2v) is 4.61. The van der Waals surface area contributed by atoms with Gasteiger partial charge in [0.05, 0.1) is 5.52 Å². The fourth-order valence-corrected chi connectivity index (χ4v) is 2.25. The van der Waals surface area contributed by atoms with Crippen LogP contribution in [0.4, 0.5) is 13.2 Å². The van der Waals surface area contributed by atoms with Crippen molar-refractivity contribution in [2.24, 2.45) is 0 Å². The van der Waals surface area contributed by atoms with E-state index in [1.165, 1.54) is 0 Å². The van der Waals surface area contributed by atoms with E-state index in [0.29, 0.717) is 11.1 Å². The SMILES string of the molecule is Oc1ccc(OC(F)(F)F)cc1-c1cccc2cccnc12. The highest BCUT2D eigenvalue weighted by molar-refractivity contribution is 5.95. The van der Waals surface area contributed by atoms with Crippen LogP contribution in [0.25, 0.3) is 22.0 Å². The number of phenolic OH excluding ortho intramolecular Hbond substituents is 1. The van der Waals surface area contributed by atoms with Gasteiger partial charge in [-0.3, -0.25) is 4.98 Å². The van der Waals surface area contributed by atoms with Crippen molar-refractivity contribution in [3.8, 4) is 22.6 Å². The number of aromatic nitrogens is 1. The lowest BCUT2D eigenvalue weighted by Crippen LogP contribution is -2.17. The Morgan fingerprint density at radius 2 is 1.73 bits per heavy atom. The van der Waals surface area contributed by atoms with Crippen LogP contribution in [0.2, 0.25) is 0 Å². The van der Waals surface area contributed by atoms with Crippen LogP contribution >= 0.6 is 0 Å². The normalized spacial score (nSPS) is 11.6. The van der Waals surface area contributed by atoms with Crippen LogP contribution in [0, 0.1) is 0 Å². The van der Waals surface area contributed by atoms with Gasteiger partial charge in [-0.1, -0.05) is 24.3 Å². The first-order valence-electron chi connectivity index (χ1n) is 6.37. The predicted octanol–water partition coefficient (Wildman–Crippen LogP) is 4.51. The zero-order valence-electron chi connectivity index (χ0n) is 11.1. The summed E-state index contributed by atoms with van der Waals surface area (Å²) < 4.78 is 40.9. The summed E-state index contributed by atoms with van der Waals surface area (Å²) in [6.07, 6.45) is -3.20. The number of para-hydroxylation sites is 1. The molecule has 3 nitrogen and oxygen atoms in total. The molecule has 3 aromatic rings. The van der Waals surface area contributed by atoms with E-state index in [1.54, 1.807) is 24.4 Å². The Morgan fingerprint density at radius 3 is 2.50 bits per heavy atom. The van der Waals surface area contributed by atoms with Crippen LogP contribution in [-0.4, -0.2) is 16.5 Å². The summed E-state index contributed by atoms with van der Waals surface area (Å²) in [7, 11) is 0. The van der Waals surface area contributed by atoms with Gasteiger partial charge in [-0.2, -0.15) is 0 Å². The summed E-state index contributed by atoms with van der Waals surface area (Å²) in [4.78, 5) is 4.23. The molecule has 22 heavy (non-hydrogen) atoms. The van der Waals surface area contributed by atoms with E-state index in [2.05, 4.69) is 9.72 Å². The topological polar surface area (TPSA) is 42.4 Å². The van der Waals surface area contributed by atoms with Crippen molar-refractivity contribution in [1.82, 2.24) is 4.98 Å². The number of fused-ring (bicyclic) bond motifs is 1. The maximum absolute atomic E-state index is 12.3. The first-order chi connectivity index (χ1) is 10.4. The molecule has 6 heteroatoms. The third kappa shape index (κ3) is 2.81. The molecule has 1 N–H and O–H groups in total. The van der Waals surface area contributed by atoms with E-state index in [1.807, 2.05) is 12.1 Å². The van der Waals surface area contributed by atoms with Gasteiger partial charge in [-0.05, 0) is 24.3 Å². The fraction of sp³-hybridized carbons (Fsp3) is 0.0625. The minimum atomic E-state index is -4.79. The number of aromatic hydroxyl groups is 1. The largest absolute Gasteiger partial charge is 0.573 e. The monoisotopic (exact) mass is 305 g/mol. The Morgan fingerprint density at radius 1 is 0.955 bits per heavy atom. The molecule has 1 aromatic heterocycles. The molecular formula is C16H10F3NO2. The maximum Gasteiger partial charge on any atom is 0.573 e. The quantitative estimate of drug-likeness (QED) is 0.757. The average Bonchev–Trinajstić information content (AvgIpc) is 2.47. The summed E-state index contributed by atoms with van der Waals surface area (Å²) in [5.74, 6) is -0.541. The highest BCUT2D eigenvalue weighted by Crippen LogP contribution is 2.37. The maximum atomic E-state index is 12.3. The van der Waals surface area contributed by atoms with Gasteiger partial charge in [0.15, 0.2) is 0 Å². The van der Waals surface area contributed by atoms with Crippen LogP contribution in [0.5, 0.6) is 11.5 Å². The van der Waals surface area contributed by atoms with Crippen molar-refractivity contribution in [3.05, 3.63) is 54.7 Å². The van der Waals surface area contributed by atoms with Gasteiger partial charge >= 0.3 is 6.36 Å². The number of halogens is 3. The Balaban J connectivity index is 2.16. The molecule has 0 saturated heterocycles. The lowest BCUT2D eigenvalue weighted by Gasteiger charge is -2.12. The standard InChI is InChI=1S/C16H10F3NO2/c17-16(18,19)22-11-6-7-14(21)13(9-11)12-5-1-3-10-4-2-8-20-15(10)12/h1-9,21H. The molecule has 0 unspecified atom stereocenters. The second kappa shape index (κ2) is 5.22. The number of rotatable bonds is 2. The van der Waals surface area contributed by atoms with Gasteiger partial charge in [0.25, 0.3) is 0 Å². The highest BCUT2D eigenvalue weighted by atomic mass is 19.4. The third-order valence-corrected chi connectivity index (χ3v) is 3.12. The molecule has 0 bridgehead atoms. The fourth-order valence-electron chi connectivity index (χ4n) is 2.25. The number of hydrogen-bond donors (Lipinski definition) is 1. The molecular weight excluding hydrogens is 295 g/mol. The van der Waals surface area contributed by atoms with Gasteiger partial charge in [-0.25, -0.2) is 0 Å². The number of phenols is 1. The molecule has 112 valence electrons. The number of benzene rings is 2. The zero-order chi connectivity index (χ0) is 15.7. The number of hydrogen-bond acceptors (Lipinski definition) is 3. The first-order valence-corrected chi connectivity index (χ1v) is 6.37. The molecule has 0 aliphatic rings. The van der Waals surface area contributed by atoms with Gasteiger partial charge in [-0.15, -0.1) is 13.2 Å². The summed E-state index contributed by atoms with van der Waals surface area (Å²) >= 11 is 0. The van der Waals surface area contributed by atoms with E-state index < -0.39 is 12.1 Å². The molecule has 0 aliphatic carbocycles. The van der Waals surface area contributed by atoms with E-state index in [-0.39, 0.29) is 11.3 Å². The van der Waals surface area contributed by atoms with E-state index >= 15 is 0 Å². The van der Waals surface area contributed by atoms with Gasteiger partial charge < -0.3 is 9.84 Å². The van der Waals surface area contributed by atoms with Crippen LogP contribution in [-0.2, 0) is 0 Å². The Kier molecular flexibility index (Phi) is 3.36. The molecule has 1 heterocycles. The van der Waals surface area contributed by atoms with Gasteiger partial charge in [0.1, 0.15) is 11.5 Å². The lowest BCUT2D eigenvalue weighted by atomic mass is 10.0. The summed E-state index contributed by atoms with van der Waals surface area (Å²) in [5.41, 5.74) is 1.35.